The lowest BCUT2D eigenvalue weighted by Crippen LogP contribution is -2.09. The fourth-order valence-corrected chi connectivity index (χ4v) is 1.42. The van der Waals surface area contributed by atoms with E-state index in [0.717, 1.165) is 12.2 Å². The van der Waals surface area contributed by atoms with E-state index in [1.165, 1.54) is 0 Å². The van der Waals surface area contributed by atoms with E-state index in [1.54, 1.807) is 30.9 Å². The third-order valence-corrected chi connectivity index (χ3v) is 2.33. The van der Waals surface area contributed by atoms with Crippen LogP contribution in [0.5, 0.6) is 0 Å². The third kappa shape index (κ3) is 3.87. The van der Waals surface area contributed by atoms with Gasteiger partial charge in [0, 0.05) is 18.4 Å². The summed E-state index contributed by atoms with van der Waals surface area (Å²) < 4.78 is 4.85. The van der Waals surface area contributed by atoms with Gasteiger partial charge in [-0.25, -0.2) is 14.8 Å². The van der Waals surface area contributed by atoms with Crippen molar-refractivity contribution in [1.29, 1.82) is 0 Å². The highest BCUT2D eigenvalue weighted by molar-refractivity contribution is 7.98. The van der Waals surface area contributed by atoms with Crippen LogP contribution in [0.4, 0.5) is 0 Å². The van der Waals surface area contributed by atoms with E-state index in [9.17, 15) is 4.79 Å². The lowest BCUT2D eigenvalue weighted by molar-refractivity contribution is 0.0519. The Morgan fingerprint density at radius 3 is 3.07 bits per heavy atom. The minimum atomic E-state index is -0.384. The fraction of sp³-hybridized carbons (Fsp3) is 0.500. The summed E-state index contributed by atoms with van der Waals surface area (Å²) in [5, 5.41) is 0. The molecule has 0 aromatic carbocycles. The predicted molar refractivity (Wildman–Crippen MR) is 60.1 cm³/mol. The van der Waals surface area contributed by atoms with Crippen LogP contribution in [0, 0.1) is 0 Å². The smallest absolute Gasteiger partial charge is 0.357 e. The van der Waals surface area contributed by atoms with Crippen LogP contribution < -0.4 is 0 Å². The Bertz CT molecular complexity index is 331. The van der Waals surface area contributed by atoms with Gasteiger partial charge in [-0.2, -0.15) is 11.8 Å². The molecule has 1 aromatic rings. The summed E-state index contributed by atoms with van der Waals surface area (Å²) in [5.74, 6) is 1.26. The zero-order valence-electron chi connectivity index (χ0n) is 8.90. The van der Waals surface area contributed by atoms with Crippen LogP contribution in [-0.2, 0) is 11.2 Å². The molecule has 0 saturated heterocycles. The summed E-state index contributed by atoms with van der Waals surface area (Å²) in [5.41, 5.74) is 0.336. The van der Waals surface area contributed by atoms with Crippen molar-refractivity contribution in [2.24, 2.45) is 0 Å². The van der Waals surface area contributed by atoms with Gasteiger partial charge in [0.15, 0.2) is 5.69 Å². The van der Waals surface area contributed by atoms with Gasteiger partial charge in [0.1, 0.15) is 5.82 Å². The van der Waals surface area contributed by atoms with Crippen molar-refractivity contribution < 1.29 is 9.53 Å². The van der Waals surface area contributed by atoms with Crippen LogP contribution in [-0.4, -0.2) is 34.6 Å². The van der Waals surface area contributed by atoms with E-state index in [-0.39, 0.29) is 5.97 Å². The highest BCUT2D eigenvalue weighted by Gasteiger charge is 2.08. The lowest BCUT2D eigenvalue weighted by atomic mass is 10.3. The molecule has 1 aromatic heterocycles. The fourth-order valence-electron chi connectivity index (χ4n) is 1.03. The van der Waals surface area contributed by atoms with Crippen molar-refractivity contribution in [3.05, 3.63) is 23.8 Å². The van der Waals surface area contributed by atoms with Gasteiger partial charge < -0.3 is 4.74 Å². The molecule has 0 aliphatic rings. The molecule has 0 atom stereocenters. The number of thioether (sulfide) groups is 1. The van der Waals surface area contributed by atoms with Gasteiger partial charge in [-0.3, -0.25) is 0 Å². The molecule has 0 bridgehead atoms. The van der Waals surface area contributed by atoms with E-state index >= 15 is 0 Å². The molecule has 15 heavy (non-hydrogen) atoms. The molecular weight excluding hydrogens is 212 g/mol. The van der Waals surface area contributed by atoms with Crippen LogP contribution in [0.3, 0.4) is 0 Å². The quantitative estimate of drug-likeness (QED) is 0.713. The first-order valence-electron chi connectivity index (χ1n) is 4.76. The molecule has 0 unspecified atom stereocenters. The Balaban J connectivity index is 2.69. The van der Waals surface area contributed by atoms with Crippen LogP contribution in [0.15, 0.2) is 12.3 Å². The minimum Gasteiger partial charge on any atom is -0.461 e. The Morgan fingerprint density at radius 1 is 1.60 bits per heavy atom. The van der Waals surface area contributed by atoms with Crippen molar-refractivity contribution in [3.63, 3.8) is 0 Å². The predicted octanol–water partition coefficient (Wildman–Crippen LogP) is 1.56. The number of hydrogen-bond donors (Lipinski definition) is 0. The molecular formula is C10H14N2O2S. The van der Waals surface area contributed by atoms with Crippen molar-refractivity contribution in [2.75, 3.05) is 18.6 Å². The van der Waals surface area contributed by atoms with Crippen LogP contribution in [0.1, 0.15) is 23.2 Å². The Kier molecular flexibility index (Phi) is 5.10. The van der Waals surface area contributed by atoms with Crippen molar-refractivity contribution in [3.8, 4) is 0 Å². The molecule has 0 radical (unpaired) electrons. The summed E-state index contributed by atoms with van der Waals surface area (Å²) >= 11 is 1.72. The van der Waals surface area contributed by atoms with E-state index in [1.807, 2.05) is 6.26 Å². The van der Waals surface area contributed by atoms with E-state index in [4.69, 9.17) is 4.74 Å². The average Bonchev–Trinajstić information content (AvgIpc) is 2.27. The molecule has 4 nitrogen and oxygen atoms in total. The number of rotatable bonds is 5. The second-order valence-corrected chi connectivity index (χ2v) is 3.81. The normalized spacial score (nSPS) is 10.0. The number of nitrogens with zero attached hydrogens (tertiary/aromatic N) is 2. The minimum absolute atomic E-state index is 0.336. The maximum Gasteiger partial charge on any atom is 0.357 e. The first-order valence-corrected chi connectivity index (χ1v) is 6.15. The van der Waals surface area contributed by atoms with Gasteiger partial charge in [-0.1, -0.05) is 0 Å². The summed E-state index contributed by atoms with van der Waals surface area (Å²) in [6, 6.07) is 1.57. The van der Waals surface area contributed by atoms with Gasteiger partial charge >= 0.3 is 5.97 Å². The number of aryl methyl sites for hydroxylation is 1. The number of esters is 1. The molecule has 82 valence electrons. The standard InChI is InChI=1S/C10H14N2O2S/c1-3-14-10(13)8-4-6-11-9(12-8)5-7-15-2/h4,6H,3,5,7H2,1-2H3. The summed E-state index contributed by atoms with van der Waals surface area (Å²) in [6.07, 6.45) is 4.39. The highest BCUT2D eigenvalue weighted by atomic mass is 32.2. The zero-order chi connectivity index (χ0) is 11.1. The van der Waals surface area contributed by atoms with Gasteiger partial charge in [-0.05, 0) is 19.2 Å². The van der Waals surface area contributed by atoms with Crippen LogP contribution >= 0.6 is 11.8 Å². The molecule has 5 heteroatoms. The SMILES string of the molecule is CCOC(=O)c1ccnc(CCSC)n1. The Labute approximate surface area is 93.5 Å². The number of carbonyl (C=O) groups is 1. The molecule has 0 saturated carbocycles. The molecule has 1 rings (SSSR count). The molecule has 0 amide bonds. The van der Waals surface area contributed by atoms with Gasteiger partial charge in [-0.15, -0.1) is 0 Å². The molecule has 0 aliphatic heterocycles. The zero-order valence-corrected chi connectivity index (χ0v) is 9.71. The topological polar surface area (TPSA) is 52.1 Å². The number of hydrogen-bond acceptors (Lipinski definition) is 5. The third-order valence-electron chi connectivity index (χ3n) is 1.72. The Hall–Kier alpha value is -1.10. The monoisotopic (exact) mass is 226 g/mol. The summed E-state index contributed by atoms with van der Waals surface area (Å²) in [6.45, 7) is 2.14. The van der Waals surface area contributed by atoms with Crippen molar-refractivity contribution in [1.82, 2.24) is 9.97 Å². The van der Waals surface area contributed by atoms with Crippen LogP contribution in [0.2, 0.25) is 0 Å². The second-order valence-electron chi connectivity index (χ2n) is 2.82. The maximum atomic E-state index is 11.4. The lowest BCUT2D eigenvalue weighted by Gasteiger charge is -2.02. The van der Waals surface area contributed by atoms with E-state index < -0.39 is 0 Å². The first kappa shape index (κ1) is 12.0. The first-order chi connectivity index (χ1) is 7.27. The highest BCUT2D eigenvalue weighted by Crippen LogP contribution is 2.02. The van der Waals surface area contributed by atoms with Gasteiger partial charge in [0.05, 0.1) is 6.61 Å². The molecule has 0 N–H and O–H groups in total. The van der Waals surface area contributed by atoms with E-state index in [0.29, 0.717) is 18.1 Å². The summed E-state index contributed by atoms with van der Waals surface area (Å²) in [7, 11) is 0. The van der Waals surface area contributed by atoms with Gasteiger partial charge in [0.2, 0.25) is 0 Å². The second kappa shape index (κ2) is 6.40. The number of carbonyl (C=O) groups excluding carboxylic acids is 1. The van der Waals surface area contributed by atoms with Gasteiger partial charge in [0.25, 0.3) is 0 Å². The molecule has 1 heterocycles. The Morgan fingerprint density at radius 2 is 2.40 bits per heavy atom. The largest absolute Gasteiger partial charge is 0.461 e. The average molecular weight is 226 g/mol. The number of ether oxygens (including phenoxy) is 1. The molecule has 0 spiro atoms. The van der Waals surface area contributed by atoms with E-state index in [2.05, 4.69) is 9.97 Å². The van der Waals surface area contributed by atoms with Crippen molar-refractivity contribution >= 4 is 17.7 Å². The summed E-state index contributed by atoms with van der Waals surface area (Å²) in [4.78, 5) is 19.6. The number of aromatic nitrogens is 2. The molecule has 0 fully saturated rings. The van der Waals surface area contributed by atoms with Crippen LogP contribution in [0.25, 0.3) is 0 Å². The maximum absolute atomic E-state index is 11.4. The molecule has 0 aliphatic carbocycles. The van der Waals surface area contributed by atoms with Crippen molar-refractivity contribution in [2.45, 2.75) is 13.3 Å².